The predicted octanol–water partition coefficient (Wildman–Crippen LogP) is 3.04. The average molecular weight is 507 g/mol. The van der Waals surface area contributed by atoms with Gasteiger partial charge in [-0.3, -0.25) is 4.79 Å². The number of carbonyl (C=O) groups is 2. The first kappa shape index (κ1) is 27.8. The SMILES string of the molecule is CSCC[C@H](NC(=O)COc1nc(-c2c(C)cc(C)cc2C)ccc1NCC(N)CS)C(=O)O. The number of thioether (sulfide) groups is 1. The van der Waals surface area contributed by atoms with E-state index in [1.165, 1.54) is 17.3 Å². The molecule has 0 bridgehead atoms. The van der Waals surface area contributed by atoms with E-state index in [1.807, 2.05) is 39.2 Å². The van der Waals surface area contributed by atoms with E-state index >= 15 is 0 Å². The summed E-state index contributed by atoms with van der Waals surface area (Å²) in [6.07, 6.45) is 2.21. The van der Waals surface area contributed by atoms with Gasteiger partial charge in [0.2, 0.25) is 5.88 Å². The zero-order valence-corrected chi connectivity index (χ0v) is 21.8. The van der Waals surface area contributed by atoms with Gasteiger partial charge in [0.1, 0.15) is 6.04 Å². The highest BCUT2D eigenvalue weighted by atomic mass is 32.2. The number of hydrogen-bond donors (Lipinski definition) is 5. The van der Waals surface area contributed by atoms with E-state index in [9.17, 15) is 14.7 Å². The molecular formula is C24H34N4O4S2. The molecule has 0 saturated carbocycles. The molecule has 1 unspecified atom stereocenters. The van der Waals surface area contributed by atoms with Gasteiger partial charge in [-0.15, -0.1) is 0 Å². The molecule has 0 saturated heterocycles. The fourth-order valence-corrected chi connectivity index (χ4v) is 4.18. The second kappa shape index (κ2) is 13.5. The number of rotatable bonds is 13. The van der Waals surface area contributed by atoms with Gasteiger partial charge in [0.05, 0.1) is 11.4 Å². The number of carboxylic acid groups (broad SMARTS) is 1. The van der Waals surface area contributed by atoms with Crippen molar-refractivity contribution in [3.05, 3.63) is 41.0 Å². The van der Waals surface area contributed by atoms with E-state index in [2.05, 4.69) is 40.4 Å². The van der Waals surface area contributed by atoms with Crippen LogP contribution < -0.4 is 21.1 Å². The highest BCUT2D eigenvalue weighted by Crippen LogP contribution is 2.31. The Morgan fingerprint density at radius 1 is 1.24 bits per heavy atom. The molecule has 5 N–H and O–H groups in total. The monoisotopic (exact) mass is 506 g/mol. The van der Waals surface area contributed by atoms with E-state index < -0.39 is 17.9 Å². The maximum Gasteiger partial charge on any atom is 0.326 e. The Bertz CT molecular complexity index is 980. The lowest BCUT2D eigenvalue weighted by Gasteiger charge is -2.18. The van der Waals surface area contributed by atoms with Gasteiger partial charge in [-0.2, -0.15) is 24.4 Å². The van der Waals surface area contributed by atoms with Gasteiger partial charge in [0, 0.05) is 23.9 Å². The van der Waals surface area contributed by atoms with E-state index in [0.717, 1.165) is 22.4 Å². The van der Waals surface area contributed by atoms with Crippen LogP contribution >= 0.6 is 24.4 Å². The smallest absolute Gasteiger partial charge is 0.326 e. The van der Waals surface area contributed by atoms with Crippen LogP contribution in [0.2, 0.25) is 0 Å². The Hall–Kier alpha value is -2.43. The lowest BCUT2D eigenvalue weighted by atomic mass is 9.97. The summed E-state index contributed by atoms with van der Waals surface area (Å²) in [6.45, 7) is 6.20. The summed E-state index contributed by atoms with van der Waals surface area (Å²) >= 11 is 5.73. The van der Waals surface area contributed by atoms with E-state index in [4.69, 9.17) is 10.5 Å². The average Bonchev–Trinajstić information content (AvgIpc) is 2.78. The molecule has 1 amide bonds. The summed E-state index contributed by atoms with van der Waals surface area (Å²) in [5.41, 5.74) is 11.6. The number of aliphatic carboxylic acids is 1. The standard InChI is InChI=1S/C24H34N4O4S2/c1-14-9-15(2)22(16(3)10-14)18-5-6-19(26-11-17(25)13-33)23(28-18)32-12-21(29)27-20(24(30)31)7-8-34-4/h5-6,9-10,17,20,26,33H,7-8,11-13,25H2,1-4H3,(H,27,29)(H,30,31)/t17?,20-/m0/s1. The minimum Gasteiger partial charge on any atom is -0.480 e. The third-order valence-electron chi connectivity index (χ3n) is 5.17. The van der Waals surface area contributed by atoms with Crippen LogP contribution in [0.4, 0.5) is 5.69 Å². The van der Waals surface area contributed by atoms with Gasteiger partial charge in [-0.05, 0) is 62.5 Å². The van der Waals surface area contributed by atoms with Crippen molar-refractivity contribution in [2.45, 2.75) is 39.3 Å². The Morgan fingerprint density at radius 2 is 1.91 bits per heavy atom. The quantitative estimate of drug-likeness (QED) is 0.263. The number of thiol groups is 1. The normalized spacial score (nSPS) is 12.6. The molecule has 0 aliphatic heterocycles. The first-order valence-electron chi connectivity index (χ1n) is 11.0. The number of nitrogens with two attached hydrogens (primary N) is 1. The van der Waals surface area contributed by atoms with Crippen molar-refractivity contribution in [2.24, 2.45) is 5.73 Å². The number of aromatic nitrogens is 1. The Balaban J connectivity index is 2.27. The molecule has 0 fully saturated rings. The van der Waals surface area contributed by atoms with E-state index in [1.54, 1.807) is 0 Å². The maximum atomic E-state index is 12.4. The van der Waals surface area contributed by atoms with E-state index in [0.29, 0.717) is 30.2 Å². The number of anilines is 1. The molecule has 186 valence electrons. The maximum absolute atomic E-state index is 12.4. The number of amides is 1. The number of pyridine rings is 1. The van der Waals surface area contributed by atoms with Crippen LogP contribution in [0, 0.1) is 20.8 Å². The summed E-state index contributed by atoms with van der Waals surface area (Å²) in [4.78, 5) is 28.6. The zero-order valence-electron chi connectivity index (χ0n) is 20.1. The molecule has 0 spiro atoms. The number of nitrogens with one attached hydrogen (secondary N) is 2. The minimum absolute atomic E-state index is 0.173. The fourth-order valence-electron chi connectivity index (χ4n) is 3.58. The lowest BCUT2D eigenvalue weighted by molar-refractivity contribution is -0.142. The van der Waals surface area contributed by atoms with Crippen molar-refractivity contribution >= 4 is 42.0 Å². The molecule has 0 aliphatic carbocycles. The van der Waals surface area contributed by atoms with Crippen molar-refractivity contribution in [1.82, 2.24) is 10.3 Å². The second-order valence-electron chi connectivity index (χ2n) is 8.17. The summed E-state index contributed by atoms with van der Waals surface area (Å²) in [5, 5.41) is 15.1. The molecule has 8 nitrogen and oxygen atoms in total. The largest absolute Gasteiger partial charge is 0.480 e. The van der Waals surface area contributed by atoms with Gasteiger partial charge in [-0.1, -0.05) is 17.7 Å². The summed E-state index contributed by atoms with van der Waals surface area (Å²) in [5.74, 6) is -0.228. The Labute approximate surface area is 210 Å². The summed E-state index contributed by atoms with van der Waals surface area (Å²) < 4.78 is 5.77. The number of nitrogens with zero attached hydrogens (tertiary/aromatic N) is 1. The molecule has 1 aromatic carbocycles. The van der Waals surface area contributed by atoms with Crippen LogP contribution in [-0.2, 0) is 9.59 Å². The minimum atomic E-state index is -1.07. The highest BCUT2D eigenvalue weighted by Gasteiger charge is 2.20. The summed E-state index contributed by atoms with van der Waals surface area (Å²) in [6, 6.07) is 6.79. The molecule has 1 heterocycles. The van der Waals surface area contributed by atoms with Gasteiger partial charge < -0.3 is 26.2 Å². The molecule has 0 radical (unpaired) electrons. The van der Waals surface area contributed by atoms with Gasteiger partial charge in [-0.25, -0.2) is 9.78 Å². The molecule has 2 rings (SSSR count). The number of carboxylic acids is 1. The lowest BCUT2D eigenvalue weighted by Crippen LogP contribution is -2.43. The van der Waals surface area contributed by atoms with Crippen molar-refractivity contribution in [3.63, 3.8) is 0 Å². The van der Waals surface area contributed by atoms with Crippen molar-refractivity contribution < 1.29 is 19.4 Å². The first-order valence-corrected chi connectivity index (χ1v) is 13.0. The topological polar surface area (TPSA) is 127 Å². The van der Waals surface area contributed by atoms with E-state index in [-0.39, 0.29) is 18.5 Å². The molecule has 2 aromatic rings. The Morgan fingerprint density at radius 3 is 2.50 bits per heavy atom. The number of ether oxygens (including phenoxy) is 1. The van der Waals surface area contributed by atoms with Gasteiger partial charge in [0.15, 0.2) is 6.61 Å². The number of aryl methyl sites for hydroxylation is 3. The second-order valence-corrected chi connectivity index (χ2v) is 9.53. The van der Waals surface area contributed by atoms with Crippen molar-refractivity contribution in [1.29, 1.82) is 0 Å². The predicted molar refractivity (Wildman–Crippen MR) is 142 cm³/mol. The van der Waals surface area contributed by atoms with Crippen LogP contribution in [0.25, 0.3) is 11.3 Å². The third-order valence-corrected chi connectivity index (χ3v) is 6.28. The summed E-state index contributed by atoms with van der Waals surface area (Å²) in [7, 11) is 0. The number of benzene rings is 1. The van der Waals surface area contributed by atoms with Gasteiger partial charge in [0.25, 0.3) is 5.91 Å². The van der Waals surface area contributed by atoms with Crippen LogP contribution in [0.5, 0.6) is 5.88 Å². The zero-order chi connectivity index (χ0) is 25.3. The highest BCUT2D eigenvalue weighted by molar-refractivity contribution is 7.98. The number of hydrogen-bond acceptors (Lipinski definition) is 8. The molecule has 10 heteroatoms. The van der Waals surface area contributed by atoms with Crippen molar-refractivity contribution in [2.75, 3.05) is 36.2 Å². The van der Waals surface area contributed by atoms with Crippen LogP contribution in [-0.4, -0.2) is 65.0 Å². The van der Waals surface area contributed by atoms with Crippen molar-refractivity contribution in [3.8, 4) is 17.1 Å². The Kier molecular flexibility index (Phi) is 11.0. The molecule has 0 aliphatic rings. The fraction of sp³-hybridized carbons (Fsp3) is 0.458. The molecule has 34 heavy (non-hydrogen) atoms. The molecular weight excluding hydrogens is 472 g/mol. The van der Waals surface area contributed by atoms with Crippen LogP contribution in [0.15, 0.2) is 24.3 Å². The van der Waals surface area contributed by atoms with Crippen LogP contribution in [0.1, 0.15) is 23.1 Å². The number of carbonyl (C=O) groups excluding carboxylic acids is 1. The van der Waals surface area contributed by atoms with Crippen LogP contribution in [0.3, 0.4) is 0 Å². The van der Waals surface area contributed by atoms with Gasteiger partial charge >= 0.3 is 5.97 Å². The molecule has 2 atom stereocenters. The first-order chi connectivity index (χ1) is 16.2. The third kappa shape index (κ3) is 8.11. The molecule has 1 aromatic heterocycles.